The molecule has 0 atom stereocenters. The minimum atomic E-state index is -0.294. The molecule has 0 aliphatic carbocycles. The Bertz CT molecular complexity index is 1170. The second-order valence-corrected chi connectivity index (χ2v) is 8.46. The highest BCUT2D eigenvalue weighted by Crippen LogP contribution is 2.35. The first-order chi connectivity index (χ1) is 14.4. The van der Waals surface area contributed by atoms with Crippen LogP contribution in [0.15, 0.2) is 79.1 Å². The summed E-state index contributed by atoms with van der Waals surface area (Å²) in [6, 6.07) is 20.9. The zero-order valence-corrected chi connectivity index (χ0v) is 17.9. The first kappa shape index (κ1) is 20.0. The number of amides is 1. The second kappa shape index (κ2) is 7.84. The van der Waals surface area contributed by atoms with Crippen molar-refractivity contribution in [3.8, 4) is 11.6 Å². The molecule has 4 rings (SSSR count). The molecule has 0 spiro atoms. The van der Waals surface area contributed by atoms with Crippen LogP contribution >= 0.6 is 11.6 Å². The van der Waals surface area contributed by atoms with Crippen molar-refractivity contribution in [2.24, 2.45) is 0 Å². The van der Waals surface area contributed by atoms with E-state index in [1.165, 1.54) is 0 Å². The molecule has 6 heteroatoms. The number of halogens is 1. The predicted molar refractivity (Wildman–Crippen MR) is 121 cm³/mol. The van der Waals surface area contributed by atoms with E-state index in [1.54, 1.807) is 24.3 Å². The minimum absolute atomic E-state index is 0.289. The lowest BCUT2D eigenvalue weighted by molar-refractivity contribution is 0.102. The summed E-state index contributed by atoms with van der Waals surface area (Å²) in [5.74, 6) is 0.924. The molecular formula is C24H23ClN4O. The summed E-state index contributed by atoms with van der Waals surface area (Å²) in [7, 11) is 0. The van der Waals surface area contributed by atoms with Crippen LogP contribution in [0.1, 0.15) is 36.8 Å². The van der Waals surface area contributed by atoms with Crippen LogP contribution in [-0.2, 0) is 5.41 Å². The van der Waals surface area contributed by atoms with E-state index in [1.807, 2.05) is 59.4 Å². The normalized spacial score (nSPS) is 11.5. The number of nitrogens with one attached hydrogen (secondary N) is 1. The molecule has 2 heterocycles. The number of aromatic nitrogens is 3. The zero-order valence-electron chi connectivity index (χ0n) is 17.1. The van der Waals surface area contributed by atoms with Gasteiger partial charge in [-0.05, 0) is 36.4 Å². The van der Waals surface area contributed by atoms with E-state index in [-0.39, 0.29) is 11.3 Å². The Balaban J connectivity index is 1.91. The third-order valence-corrected chi connectivity index (χ3v) is 5.10. The van der Waals surface area contributed by atoms with Gasteiger partial charge in [-0.25, -0.2) is 0 Å². The number of nitrogens with zero attached hydrogens (tertiary/aromatic N) is 3. The fourth-order valence-electron chi connectivity index (χ4n) is 3.47. The number of hydrogen-bond donors (Lipinski definition) is 1. The number of carbonyl (C=O) groups excluding carboxylic acids is 1. The molecule has 30 heavy (non-hydrogen) atoms. The van der Waals surface area contributed by atoms with Crippen LogP contribution in [-0.4, -0.2) is 20.0 Å². The summed E-state index contributed by atoms with van der Waals surface area (Å²) in [6.45, 7) is 6.32. The summed E-state index contributed by atoms with van der Waals surface area (Å²) >= 11 is 6.24. The van der Waals surface area contributed by atoms with E-state index in [2.05, 4.69) is 30.7 Å². The van der Waals surface area contributed by atoms with Gasteiger partial charge < -0.3 is 5.32 Å². The largest absolute Gasteiger partial charge is 0.305 e. The van der Waals surface area contributed by atoms with Crippen molar-refractivity contribution in [1.29, 1.82) is 0 Å². The lowest BCUT2D eigenvalue weighted by atomic mass is 9.91. The minimum Gasteiger partial charge on any atom is -0.305 e. The molecule has 0 unspecified atom stereocenters. The number of rotatable bonds is 4. The van der Waals surface area contributed by atoms with Crippen molar-refractivity contribution in [2.45, 2.75) is 26.2 Å². The third kappa shape index (κ3) is 3.76. The molecule has 0 aliphatic rings. The first-order valence-corrected chi connectivity index (χ1v) is 10.1. The Morgan fingerprint density at radius 1 is 0.933 bits per heavy atom. The number of anilines is 1. The fourth-order valence-corrected chi connectivity index (χ4v) is 3.69. The summed E-state index contributed by atoms with van der Waals surface area (Å²) in [6.07, 6.45) is 3.88. The fraction of sp³-hybridized carbons (Fsp3) is 0.167. The standard InChI is InChI=1S/C24H23ClN4O/c1-24(2,3)20-21(26-22(30)18-13-7-8-14-19(18)25)27-23(28-15-9-10-16-28)29(20)17-11-5-4-6-12-17/h4-16H,1-3H3,(H,26,30). The smallest absolute Gasteiger partial charge is 0.258 e. The molecule has 0 bridgehead atoms. The van der Waals surface area contributed by atoms with Crippen LogP contribution in [0.25, 0.3) is 11.6 Å². The van der Waals surface area contributed by atoms with Gasteiger partial charge in [0.25, 0.3) is 5.91 Å². The van der Waals surface area contributed by atoms with Crippen LogP contribution < -0.4 is 5.32 Å². The third-order valence-electron chi connectivity index (χ3n) is 4.77. The Morgan fingerprint density at radius 3 is 2.20 bits per heavy atom. The second-order valence-electron chi connectivity index (χ2n) is 8.05. The van der Waals surface area contributed by atoms with E-state index in [0.717, 1.165) is 11.4 Å². The van der Waals surface area contributed by atoms with Gasteiger partial charge in [0.05, 0.1) is 16.3 Å². The van der Waals surface area contributed by atoms with Gasteiger partial charge in [-0.2, -0.15) is 4.98 Å². The molecule has 152 valence electrons. The van der Waals surface area contributed by atoms with E-state index in [0.29, 0.717) is 22.4 Å². The van der Waals surface area contributed by atoms with Gasteiger partial charge in [0.15, 0.2) is 5.82 Å². The maximum absolute atomic E-state index is 13.0. The van der Waals surface area contributed by atoms with Gasteiger partial charge >= 0.3 is 0 Å². The Morgan fingerprint density at radius 2 is 1.57 bits per heavy atom. The molecule has 4 aromatic rings. The van der Waals surface area contributed by atoms with Crippen molar-refractivity contribution < 1.29 is 4.79 Å². The molecule has 1 amide bonds. The molecule has 0 saturated heterocycles. The van der Waals surface area contributed by atoms with Crippen molar-refractivity contribution in [2.75, 3.05) is 5.32 Å². The highest BCUT2D eigenvalue weighted by molar-refractivity contribution is 6.34. The maximum Gasteiger partial charge on any atom is 0.258 e. The van der Waals surface area contributed by atoms with E-state index >= 15 is 0 Å². The number of carbonyl (C=O) groups is 1. The summed E-state index contributed by atoms with van der Waals surface area (Å²) in [5, 5.41) is 3.40. The van der Waals surface area contributed by atoms with E-state index in [4.69, 9.17) is 16.6 Å². The number of benzene rings is 2. The highest BCUT2D eigenvalue weighted by atomic mass is 35.5. The van der Waals surface area contributed by atoms with Gasteiger partial charge in [0, 0.05) is 23.5 Å². The number of hydrogen-bond acceptors (Lipinski definition) is 2. The predicted octanol–water partition coefficient (Wildman–Crippen LogP) is 5.87. The van der Waals surface area contributed by atoms with E-state index in [9.17, 15) is 4.79 Å². The van der Waals surface area contributed by atoms with Crippen molar-refractivity contribution in [3.05, 3.63) is 95.4 Å². The Labute approximate surface area is 180 Å². The Hall–Kier alpha value is -3.31. The van der Waals surface area contributed by atoms with E-state index < -0.39 is 0 Å². The lowest BCUT2D eigenvalue weighted by Gasteiger charge is -2.23. The quantitative estimate of drug-likeness (QED) is 0.450. The number of para-hydroxylation sites is 1. The molecule has 0 radical (unpaired) electrons. The van der Waals surface area contributed by atoms with Gasteiger partial charge in [0.2, 0.25) is 5.95 Å². The van der Waals surface area contributed by atoms with Crippen LogP contribution in [0.5, 0.6) is 0 Å². The SMILES string of the molecule is CC(C)(C)c1c(NC(=O)c2ccccc2Cl)nc(-n2cccc2)n1-c1ccccc1. The molecule has 0 saturated carbocycles. The zero-order chi connectivity index (χ0) is 21.3. The Kier molecular flexibility index (Phi) is 5.22. The summed E-state index contributed by atoms with van der Waals surface area (Å²) in [5.41, 5.74) is 1.99. The first-order valence-electron chi connectivity index (χ1n) is 9.74. The lowest BCUT2D eigenvalue weighted by Crippen LogP contribution is -2.22. The van der Waals surface area contributed by atoms with Crippen LogP contribution in [0.4, 0.5) is 5.82 Å². The van der Waals surface area contributed by atoms with Crippen molar-refractivity contribution >= 4 is 23.3 Å². The summed E-state index contributed by atoms with van der Waals surface area (Å²) in [4.78, 5) is 17.8. The van der Waals surface area contributed by atoms with Gasteiger partial charge in [-0.15, -0.1) is 0 Å². The monoisotopic (exact) mass is 418 g/mol. The molecule has 1 N–H and O–H groups in total. The van der Waals surface area contributed by atoms with Gasteiger partial charge in [-0.1, -0.05) is 62.7 Å². The van der Waals surface area contributed by atoms with Gasteiger partial charge in [0.1, 0.15) is 0 Å². The molecule has 0 aliphatic heterocycles. The molecule has 2 aromatic carbocycles. The molecule has 2 aromatic heterocycles. The topological polar surface area (TPSA) is 51.9 Å². The van der Waals surface area contributed by atoms with Gasteiger partial charge in [-0.3, -0.25) is 13.9 Å². The van der Waals surface area contributed by atoms with Crippen LogP contribution in [0, 0.1) is 0 Å². The van der Waals surface area contributed by atoms with Crippen LogP contribution in [0.2, 0.25) is 5.02 Å². The number of imidazole rings is 1. The molecular weight excluding hydrogens is 396 g/mol. The molecule has 0 fully saturated rings. The van der Waals surface area contributed by atoms with Crippen LogP contribution in [0.3, 0.4) is 0 Å². The average molecular weight is 419 g/mol. The highest BCUT2D eigenvalue weighted by Gasteiger charge is 2.30. The summed E-state index contributed by atoms with van der Waals surface area (Å²) < 4.78 is 4.02. The van der Waals surface area contributed by atoms with Crippen molar-refractivity contribution in [1.82, 2.24) is 14.1 Å². The average Bonchev–Trinajstić information content (AvgIpc) is 3.36. The molecule has 5 nitrogen and oxygen atoms in total. The van der Waals surface area contributed by atoms with Crippen molar-refractivity contribution in [3.63, 3.8) is 0 Å². The maximum atomic E-state index is 13.0.